The molecule has 0 saturated heterocycles. The Kier molecular flexibility index (Phi) is 12.0. The molecule has 0 bridgehead atoms. The van der Waals surface area contributed by atoms with E-state index in [0.717, 1.165) is 36.9 Å². The Morgan fingerprint density at radius 3 is 2.60 bits per heavy atom. The van der Waals surface area contributed by atoms with Crippen molar-refractivity contribution in [1.82, 2.24) is 25.7 Å². The molecule has 0 aliphatic rings. The van der Waals surface area contributed by atoms with E-state index in [-0.39, 0.29) is 42.1 Å². The van der Waals surface area contributed by atoms with Gasteiger partial charge in [0.2, 0.25) is 5.91 Å². The fourth-order valence-corrected chi connectivity index (χ4v) is 2.93. The summed E-state index contributed by atoms with van der Waals surface area (Å²) in [5.74, 6) is 0.255. The Hall–Kier alpha value is -2.17. The molecule has 1 aromatic heterocycles. The third-order valence-electron chi connectivity index (χ3n) is 4.24. The first kappa shape index (κ1) is 25.9. The van der Waals surface area contributed by atoms with Crippen LogP contribution in [0.5, 0.6) is 0 Å². The van der Waals surface area contributed by atoms with Crippen LogP contribution in [-0.4, -0.2) is 47.8 Å². The highest BCUT2D eigenvalue weighted by Crippen LogP contribution is 2.04. The van der Waals surface area contributed by atoms with Gasteiger partial charge in [0, 0.05) is 38.4 Å². The van der Waals surface area contributed by atoms with Crippen molar-refractivity contribution in [2.24, 2.45) is 4.99 Å². The van der Waals surface area contributed by atoms with Gasteiger partial charge >= 0.3 is 0 Å². The number of nitrogens with zero attached hydrogens (tertiary/aromatic N) is 3. The Morgan fingerprint density at radius 2 is 1.93 bits per heavy atom. The minimum absolute atomic E-state index is 0. The van der Waals surface area contributed by atoms with Crippen LogP contribution in [0.25, 0.3) is 0 Å². The van der Waals surface area contributed by atoms with Gasteiger partial charge in [-0.25, -0.2) is 4.39 Å². The van der Waals surface area contributed by atoms with Crippen LogP contribution in [0, 0.1) is 19.7 Å². The van der Waals surface area contributed by atoms with Crippen molar-refractivity contribution in [2.75, 3.05) is 26.2 Å². The number of carbonyl (C=O) groups excluding carboxylic acids is 1. The number of guanidine groups is 1. The zero-order chi connectivity index (χ0) is 21.1. The van der Waals surface area contributed by atoms with Gasteiger partial charge in [-0.3, -0.25) is 14.5 Å². The highest BCUT2D eigenvalue weighted by molar-refractivity contribution is 14.0. The predicted octanol–water partition coefficient (Wildman–Crippen LogP) is 2.56. The smallest absolute Gasteiger partial charge is 0.224 e. The molecule has 2 aromatic rings. The van der Waals surface area contributed by atoms with Crippen molar-refractivity contribution in [3.8, 4) is 0 Å². The normalized spacial score (nSPS) is 11.0. The number of halogens is 2. The van der Waals surface area contributed by atoms with Crippen LogP contribution in [0.3, 0.4) is 0 Å². The molecule has 3 N–H and O–H groups in total. The Balaban J connectivity index is 0.00000450. The monoisotopic (exact) mass is 530 g/mol. The highest BCUT2D eigenvalue weighted by atomic mass is 127. The van der Waals surface area contributed by atoms with Crippen LogP contribution in [-0.2, 0) is 17.8 Å². The summed E-state index contributed by atoms with van der Waals surface area (Å²) in [6.45, 7) is 9.34. The second kappa shape index (κ2) is 13.9. The molecule has 1 aromatic carbocycles. The zero-order valence-electron chi connectivity index (χ0n) is 17.9. The Morgan fingerprint density at radius 1 is 1.17 bits per heavy atom. The van der Waals surface area contributed by atoms with Crippen LogP contribution in [0.4, 0.5) is 4.39 Å². The van der Waals surface area contributed by atoms with Gasteiger partial charge in [0.1, 0.15) is 5.82 Å². The number of aliphatic imine (C=N–C) groups is 1. The minimum Gasteiger partial charge on any atom is -0.357 e. The maximum atomic E-state index is 13.2. The lowest BCUT2D eigenvalue weighted by Crippen LogP contribution is -2.41. The molecule has 0 aliphatic carbocycles. The number of benzene rings is 1. The molecular weight excluding hydrogens is 498 g/mol. The summed E-state index contributed by atoms with van der Waals surface area (Å²) in [6, 6.07) is 8.15. The summed E-state index contributed by atoms with van der Waals surface area (Å²) in [7, 11) is 0. The number of aryl methyl sites for hydroxylation is 3. The Labute approximate surface area is 194 Å². The molecule has 9 heteroatoms. The van der Waals surface area contributed by atoms with Gasteiger partial charge < -0.3 is 16.0 Å². The van der Waals surface area contributed by atoms with Gasteiger partial charge in [-0.1, -0.05) is 12.1 Å². The topological polar surface area (TPSA) is 83.3 Å². The molecule has 2 rings (SSSR count). The lowest BCUT2D eigenvalue weighted by Gasteiger charge is -2.12. The molecular formula is C21H32FIN6O. The molecule has 0 radical (unpaired) electrons. The Bertz CT molecular complexity index is 824. The summed E-state index contributed by atoms with van der Waals surface area (Å²) in [4.78, 5) is 16.5. The third kappa shape index (κ3) is 9.55. The molecule has 7 nitrogen and oxygen atoms in total. The molecule has 0 unspecified atom stereocenters. The van der Waals surface area contributed by atoms with Crippen LogP contribution < -0.4 is 16.0 Å². The SMILES string of the molecule is CCNC(=NCCCn1nc(C)cc1C)NCCNC(=O)Cc1cccc(F)c1.I. The molecule has 1 heterocycles. The van der Waals surface area contributed by atoms with Gasteiger partial charge in [0.05, 0.1) is 12.1 Å². The summed E-state index contributed by atoms with van der Waals surface area (Å²) in [6.07, 6.45) is 1.06. The molecule has 0 saturated carbocycles. The molecule has 0 fully saturated rings. The summed E-state index contributed by atoms with van der Waals surface area (Å²) >= 11 is 0. The van der Waals surface area contributed by atoms with E-state index in [1.165, 1.54) is 12.1 Å². The van der Waals surface area contributed by atoms with E-state index in [2.05, 4.69) is 39.0 Å². The van der Waals surface area contributed by atoms with Crippen LogP contribution in [0.1, 0.15) is 30.3 Å². The van der Waals surface area contributed by atoms with E-state index in [1.54, 1.807) is 12.1 Å². The summed E-state index contributed by atoms with van der Waals surface area (Å²) in [5, 5.41) is 13.7. The third-order valence-corrected chi connectivity index (χ3v) is 4.24. The standard InChI is InChI=1S/C21H31FN6O.HI/c1-4-23-21(25-9-6-12-28-17(3)13-16(2)27-28)26-11-10-24-20(29)15-18-7-5-8-19(22)14-18;/h5,7-8,13-14H,4,6,9-12,15H2,1-3H3,(H,24,29)(H2,23,25,26);1H. The van der Waals surface area contributed by atoms with Crippen molar-refractivity contribution in [2.45, 2.75) is 40.2 Å². The van der Waals surface area contributed by atoms with E-state index < -0.39 is 0 Å². The number of hydrogen-bond donors (Lipinski definition) is 3. The van der Waals surface area contributed by atoms with Crippen molar-refractivity contribution >= 4 is 35.8 Å². The number of rotatable bonds is 10. The first-order chi connectivity index (χ1) is 14.0. The van der Waals surface area contributed by atoms with E-state index >= 15 is 0 Å². The predicted molar refractivity (Wildman–Crippen MR) is 129 cm³/mol. The van der Waals surface area contributed by atoms with Gasteiger partial charge in [0.25, 0.3) is 0 Å². The van der Waals surface area contributed by atoms with E-state index in [9.17, 15) is 9.18 Å². The van der Waals surface area contributed by atoms with Crippen LogP contribution in [0.2, 0.25) is 0 Å². The number of amides is 1. The zero-order valence-corrected chi connectivity index (χ0v) is 20.2. The number of hydrogen-bond acceptors (Lipinski definition) is 3. The number of carbonyl (C=O) groups is 1. The lowest BCUT2D eigenvalue weighted by molar-refractivity contribution is -0.120. The van der Waals surface area contributed by atoms with Gasteiger partial charge in [-0.2, -0.15) is 5.10 Å². The van der Waals surface area contributed by atoms with Crippen LogP contribution >= 0.6 is 24.0 Å². The molecule has 166 valence electrons. The molecule has 0 atom stereocenters. The average molecular weight is 530 g/mol. The quantitative estimate of drug-likeness (QED) is 0.191. The lowest BCUT2D eigenvalue weighted by atomic mass is 10.1. The average Bonchev–Trinajstić information content (AvgIpc) is 2.99. The minimum atomic E-state index is -0.332. The van der Waals surface area contributed by atoms with Crippen molar-refractivity contribution in [3.63, 3.8) is 0 Å². The summed E-state index contributed by atoms with van der Waals surface area (Å²) < 4.78 is 15.2. The number of nitrogens with one attached hydrogen (secondary N) is 3. The molecule has 0 aliphatic heterocycles. The second-order valence-electron chi connectivity index (χ2n) is 6.85. The number of aromatic nitrogens is 2. The van der Waals surface area contributed by atoms with Gasteiger partial charge in [0.15, 0.2) is 5.96 Å². The summed E-state index contributed by atoms with van der Waals surface area (Å²) in [5.41, 5.74) is 2.85. The molecule has 30 heavy (non-hydrogen) atoms. The van der Waals surface area contributed by atoms with Gasteiger partial charge in [-0.15, -0.1) is 24.0 Å². The first-order valence-electron chi connectivity index (χ1n) is 10.0. The van der Waals surface area contributed by atoms with Crippen molar-refractivity contribution in [1.29, 1.82) is 0 Å². The van der Waals surface area contributed by atoms with Crippen molar-refractivity contribution < 1.29 is 9.18 Å². The molecule has 0 spiro atoms. The first-order valence-corrected chi connectivity index (χ1v) is 10.0. The van der Waals surface area contributed by atoms with E-state index in [4.69, 9.17) is 0 Å². The highest BCUT2D eigenvalue weighted by Gasteiger charge is 2.04. The maximum absolute atomic E-state index is 13.2. The van der Waals surface area contributed by atoms with Crippen LogP contribution in [0.15, 0.2) is 35.3 Å². The fourth-order valence-electron chi connectivity index (χ4n) is 2.93. The van der Waals surface area contributed by atoms with Crippen molar-refractivity contribution in [3.05, 3.63) is 53.1 Å². The molecule has 1 amide bonds. The van der Waals surface area contributed by atoms with E-state index in [1.807, 2.05) is 18.5 Å². The van der Waals surface area contributed by atoms with Gasteiger partial charge in [-0.05, 0) is 51.0 Å². The largest absolute Gasteiger partial charge is 0.357 e. The second-order valence-corrected chi connectivity index (χ2v) is 6.85. The van der Waals surface area contributed by atoms with E-state index in [0.29, 0.717) is 25.2 Å². The maximum Gasteiger partial charge on any atom is 0.224 e. The fraction of sp³-hybridized carbons (Fsp3) is 0.476.